The summed E-state index contributed by atoms with van der Waals surface area (Å²) in [4.78, 5) is 12.1. The summed E-state index contributed by atoms with van der Waals surface area (Å²) >= 11 is 1.36. The van der Waals surface area contributed by atoms with Crippen molar-refractivity contribution in [3.63, 3.8) is 0 Å². The zero-order valence-corrected chi connectivity index (χ0v) is 8.34. The molecule has 0 aromatic carbocycles. The molecule has 1 heterocycles. The molecule has 0 spiro atoms. The number of carbonyl (C=O) groups excluding carboxylic acids is 1. The maximum absolute atomic E-state index is 11.8. The minimum absolute atomic E-state index is 0.416. The molecular weight excluding hydrogens is 213 g/mol. The summed E-state index contributed by atoms with van der Waals surface area (Å²) in [7, 11) is 0. The second-order valence-electron chi connectivity index (χ2n) is 2.93. The first-order valence-electron chi connectivity index (χ1n) is 4.04. The Morgan fingerprint density at radius 1 is 1.50 bits per heavy atom. The van der Waals surface area contributed by atoms with E-state index in [2.05, 4.69) is 0 Å². The van der Waals surface area contributed by atoms with Crippen LogP contribution in [0.3, 0.4) is 0 Å². The number of hydrogen-bond donors (Lipinski definition) is 0. The second kappa shape index (κ2) is 4.13. The van der Waals surface area contributed by atoms with Gasteiger partial charge in [-0.25, -0.2) is 0 Å². The largest absolute Gasteiger partial charge is 0.389 e. The van der Waals surface area contributed by atoms with E-state index in [0.717, 1.165) is 4.88 Å². The standard InChI is InChI=1S/C9H9F3OS/c1-6-7(3-5-14-6)8(13)2-4-9(10,11)12/h3,5H,2,4H2,1H3. The summed E-state index contributed by atoms with van der Waals surface area (Å²) < 4.78 is 35.4. The molecule has 0 unspecified atom stereocenters. The van der Waals surface area contributed by atoms with Crippen LogP contribution in [-0.2, 0) is 0 Å². The highest BCUT2D eigenvalue weighted by atomic mass is 32.1. The third-order valence-electron chi connectivity index (χ3n) is 1.79. The molecule has 0 amide bonds. The highest BCUT2D eigenvalue weighted by Gasteiger charge is 2.28. The Kier molecular flexibility index (Phi) is 3.31. The van der Waals surface area contributed by atoms with Crippen LogP contribution >= 0.6 is 11.3 Å². The van der Waals surface area contributed by atoms with Crippen molar-refractivity contribution in [2.75, 3.05) is 0 Å². The van der Waals surface area contributed by atoms with Crippen molar-refractivity contribution in [3.8, 4) is 0 Å². The average molecular weight is 222 g/mol. The number of carbonyl (C=O) groups is 1. The van der Waals surface area contributed by atoms with Crippen molar-refractivity contribution in [2.45, 2.75) is 25.9 Å². The minimum atomic E-state index is -4.25. The van der Waals surface area contributed by atoms with Crippen molar-refractivity contribution < 1.29 is 18.0 Å². The molecule has 0 saturated heterocycles. The van der Waals surface area contributed by atoms with Crippen LogP contribution in [0.1, 0.15) is 28.1 Å². The lowest BCUT2D eigenvalue weighted by Crippen LogP contribution is -2.10. The molecule has 0 aliphatic carbocycles. The van der Waals surface area contributed by atoms with E-state index in [0.29, 0.717) is 5.56 Å². The van der Waals surface area contributed by atoms with Gasteiger partial charge in [0.05, 0.1) is 6.42 Å². The molecule has 14 heavy (non-hydrogen) atoms. The normalized spacial score (nSPS) is 11.7. The Bertz CT molecular complexity index is 327. The van der Waals surface area contributed by atoms with Gasteiger partial charge in [0.15, 0.2) is 5.78 Å². The van der Waals surface area contributed by atoms with Gasteiger partial charge in [-0.1, -0.05) is 0 Å². The third kappa shape index (κ3) is 3.14. The SMILES string of the molecule is Cc1sccc1C(=O)CCC(F)(F)F. The smallest absolute Gasteiger partial charge is 0.294 e. The number of Topliss-reactive ketones (excluding diaryl/α,β-unsaturated/α-hetero) is 1. The van der Waals surface area contributed by atoms with Crippen LogP contribution in [0.4, 0.5) is 13.2 Å². The molecule has 0 bridgehead atoms. The Balaban J connectivity index is 2.56. The fraction of sp³-hybridized carbons (Fsp3) is 0.444. The number of aryl methyl sites for hydroxylation is 1. The van der Waals surface area contributed by atoms with E-state index in [4.69, 9.17) is 0 Å². The first kappa shape index (κ1) is 11.2. The highest BCUT2D eigenvalue weighted by molar-refractivity contribution is 7.10. The van der Waals surface area contributed by atoms with Gasteiger partial charge in [-0.2, -0.15) is 13.2 Å². The second-order valence-corrected chi connectivity index (χ2v) is 4.05. The van der Waals surface area contributed by atoms with Crippen molar-refractivity contribution in [3.05, 3.63) is 21.9 Å². The average Bonchev–Trinajstić information content (AvgIpc) is 2.46. The summed E-state index contributed by atoms with van der Waals surface area (Å²) in [6.07, 6.45) is -5.75. The maximum atomic E-state index is 11.8. The fourth-order valence-corrected chi connectivity index (χ4v) is 1.78. The molecule has 1 nitrogen and oxygen atoms in total. The van der Waals surface area contributed by atoms with Crippen LogP contribution in [0.2, 0.25) is 0 Å². The van der Waals surface area contributed by atoms with E-state index in [1.807, 2.05) is 0 Å². The number of ketones is 1. The van der Waals surface area contributed by atoms with Crippen LogP contribution < -0.4 is 0 Å². The van der Waals surface area contributed by atoms with Gasteiger partial charge in [0.25, 0.3) is 0 Å². The van der Waals surface area contributed by atoms with E-state index < -0.39 is 24.8 Å². The molecule has 0 saturated carbocycles. The van der Waals surface area contributed by atoms with E-state index >= 15 is 0 Å². The zero-order chi connectivity index (χ0) is 10.8. The number of halogens is 3. The number of alkyl halides is 3. The molecule has 78 valence electrons. The minimum Gasteiger partial charge on any atom is -0.294 e. The lowest BCUT2D eigenvalue weighted by Gasteiger charge is -2.04. The van der Waals surface area contributed by atoms with Gasteiger partial charge in [0, 0.05) is 16.9 Å². The quantitative estimate of drug-likeness (QED) is 0.714. The van der Waals surface area contributed by atoms with Gasteiger partial charge in [0.1, 0.15) is 0 Å². The van der Waals surface area contributed by atoms with Crippen LogP contribution in [-0.4, -0.2) is 12.0 Å². The summed E-state index contributed by atoms with van der Waals surface area (Å²) in [6, 6.07) is 1.57. The van der Waals surface area contributed by atoms with E-state index in [1.54, 1.807) is 18.4 Å². The molecule has 0 aliphatic rings. The summed E-state index contributed by atoms with van der Waals surface area (Å²) in [5.74, 6) is -0.430. The van der Waals surface area contributed by atoms with Crippen LogP contribution in [0.5, 0.6) is 0 Å². The molecule has 1 aromatic heterocycles. The predicted molar refractivity (Wildman–Crippen MR) is 48.7 cm³/mol. The predicted octanol–water partition coefficient (Wildman–Crippen LogP) is 3.58. The molecule has 0 atom stereocenters. The molecule has 1 aromatic rings. The van der Waals surface area contributed by atoms with Crippen LogP contribution in [0.25, 0.3) is 0 Å². The van der Waals surface area contributed by atoms with Crippen molar-refractivity contribution in [1.82, 2.24) is 0 Å². The van der Waals surface area contributed by atoms with E-state index in [1.165, 1.54) is 11.3 Å². The molecule has 0 N–H and O–H groups in total. The Morgan fingerprint density at radius 3 is 2.57 bits per heavy atom. The van der Waals surface area contributed by atoms with Gasteiger partial charge in [-0.15, -0.1) is 11.3 Å². The maximum Gasteiger partial charge on any atom is 0.389 e. The van der Waals surface area contributed by atoms with Crippen molar-refractivity contribution in [2.24, 2.45) is 0 Å². The third-order valence-corrected chi connectivity index (χ3v) is 2.64. The van der Waals surface area contributed by atoms with Crippen LogP contribution in [0.15, 0.2) is 11.4 Å². The van der Waals surface area contributed by atoms with Gasteiger partial charge in [-0.3, -0.25) is 4.79 Å². The lowest BCUT2D eigenvalue weighted by atomic mass is 10.1. The molecule has 5 heteroatoms. The molecule has 0 fully saturated rings. The number of thiophene rings is 1. The summed E-state index contributed by atoms with van der Waals surface area (Å²) in [6.45, 7) is 1.73. The Labute approximate surface area is 83.6 Å². The van der Waals surface area contributed by atoms with Gasteiger partial charge in [0.2, 0.25) is 0 Å². The number of rotatable bonds is 3. The summed E-state index contributed by atoms with van der Waals surface area (Å²) in [5.41, 5.74) is 0.416. The van der Waals surface area contributed by atoms with Gasteiger partial charge < -0.3 is 0 Å². The first-order chi connectivity index (χ1) is 6.40. The topological polar surface area (TPSA) is 17.1 Å². The Hall–Kier alpha value is -0.840. The Morgan fingerprint density at radius 2 is 2.14 bits per heavy atom. The van der Waals surface area contributed by atoms with Crippen molar-refractivity contribution >= 4 is 17.1 Å². The monoisotopic (exact) mass is 222 g/mol. The molecule has 0 aliphatic heterocycles. The van der Waals surface area contributed by atoms with E-state index in [9.17, 15) is 18.0 Å². The van der Waals surface area contributed by atoms with Gasteiger partial charge >= 0.3 is 6.18 Å². The first-order valence-corrected chi connectivity index (χ1v) is 4.92. The molecular formula is C9H9F3OS. The molecule has 0 radical (unpaired) electrons. The highest BCUT2D eigenvalue weighted by Crippen LogP contribution is 2.24. The molecule has 1 rings (SSSR count). The van der Waals surface area contributed by atoms with Gasteiger partial charge in [-0.05, 0) is 18.4 Å². The number of hydrogen-bond acceptors (Lipinski definition) is 2. The zero-order valence-electron chi connectivity index (χ0n) is 7.52. The van der Waals surface area contributed by atoms with E-state index in [-0.39, 0.29) is 0 Å². The van der Waals surface area contributed by atoms with Crippen LogP contribution in [0, 0.1) is 6.92 Å². The lowest BCUT2D eigenvalue weighted by molar-refractivity contribution is -0.133. The fourth-order valence-electron chi connectivity index (χ4n) is 1.06. The van der Waals surface area contributed by atoms with Crippen molar-refractivity contribution in [1.29, 1.82) is 0 Å². The summed E-state index contributed by atoms with van der Waals surface area (Å²) in [5, 5.41) is 1.70.